The lowest BCUT2D eigenvalue weighted by atomic mass is 9.78. The maximum atomic E-state index is 6.05. The van der Waals surface area contributed by atoms with Crippen LogP contribution in [0.15, 0.2) is 22.6 Å². The van der Waals surface area contributed by atoms with Gasteiger partial charge < -0.3 is 10.2 Å². The molecule has 0 amide bonds. The van der Waals surface area contributed by atoms with Gasteiger partial charge in [0.1, 0.15) is 5.52 Å². The molecule has 1 aliphatic carbocycles. The van der Waals surface area contributed by atoms with E-state index in [-0.39, 0.29) is 5.41 Å². The summed E-state index contributed by atoms with van der Waals surface area (Å²) in [6, 6.07) is 5.72. The molecule has 1 aromatic heterocycles. The van der Waals surface area contributed by atoms with Crippen molar-refractivity contribution in [1.82, 2.24) is 4.98 Å². The van der Waals surface area contributed by atoms with E-state index in [0.717, 1.165) is 29.1 Å². The summed E-state index contributed by atoms with van der Waals surface area (Å²) in [6.45, 7) is 4.56. The molecule has 0 saturated heterocycles. The largest absolute Gasteiger partial charge is 0.440 e. The standard InChI is InChI=1S/C16H22N2O/c1-11(2)10-16(7-3-4-8-16)15-18-13-6-5-12(17)9-14(13)19-15/h5-6,9,11H,3-4,7-8,10,17H2,1-2H3. The van der Waals surface area contributed by atoms with E-state index in [1.165, 1.54) is 25.7 Å². The fourth-order valence-electron chi connectivity index (χ4n) is 3.51. The van der Waals surface area contributed by atoms with Crippen molar-refractivity contribution in [2.75, 3.05) is 5.73 Å². The van der Waals surface area contributed by atoms with Crippen molar-refractivity contribution in [3.05, 3.63) is 24.1 Å². The molecule has 3 heteroatoms. The van der Waals surface area contributed by atoms with Gasteiger partial charge in [-0.3, -0.25) is 0 Å². The number of rotatable bonds is 3. The van der Waals surface area contributed by atoms with Crippen molar-refractivity contribution in [3.63, 3.8) is 0 Å². The molecule has 2 N–H and O–H groups in total. The maximum Gasteiger partial charge on any atom is 0.201 e. The Morgan fingerprint density at radius 1 is 1.32 bits per heavy atom. The summed E-state index contributed by atoms with van der Waals surface area (Å²) in [7, 11) is 0. The van der Waals surface area contributed by atoms with E-state index in [9.17, 15) is 0 Å². The van der Waals surface area contributed by atoms with Crippen LogP contribution in [0.25, 0.3) is 11.1 Å². The zero-order valence-corrected chi connectivity index (χ0v) is 11.8. The van der Waals surface area contributed by atoms with Crippen LogP contribution in [0.1, 0.15) is 51.8 Å². The molecular formula is C16H22N2O. The molecule has 0 aliphatic heterocycles. The second kappa shape index (κ2) is 4.55. The van der Waals surface area contributed by atoms with Gasteiger partial charge in [0.2, 0.25) is 5.89 Å². The van der Waals surface area contributed by atoms with E-state index >= 15 is 0 Å². The Bertz CT molecular complexity index is 579. The van der Waals surface area contributed by atoms with E-state index in [1.54, 1.807) is 0 Å². The summed E-state index contributed by atoms with van der Waals surface area (Å²) >= 11 is 0. The van der Waals surface area contributed by atoms with Crippen molar-refractivity contribution in [1.29, 1.82) is 0 Å². The van der Waals surface area contributed by atoms with Gasteiger partial charge in [0, 0.05) is 17.2 Å². The minimum atomic E-state index is 0.155. The second-order valence-corrected chi connectivity index (χ2v) is 6.33. The molecule has 0 radical (unpaired) electrons. The number of nitrogens with zero attached hydrogens (tertiary/aromatic N) is 1. The van der Waals surface area contributed by atoms with Crippen LogP contribution in [0.4, 0.5) is 5.69 Å². The Morgan fingerprint density at radius 2 is 2.05 bits per heavy atom. The van der Waals surface area contributed by atoms with E-state index in [4.69, 9.17) is 15.1 Å². The third-order valence-electron chi connectivity index (χ3n) is 4.23. The Kier molecular flexibility index (Phi) is 3.00. The van der Waals surface area contributed by atoms with Gasteiger partial charge in [-0.1, -0.05) is 26.7 Å². The summed E-state index contributed by atoms with van der Waals surface area (Å²) in [5.74, 6) is 1.59. The van der Waals surface area contributed by atoms with E-state index in [0.29, 0.717) is 5.92 Å². The van der Waals surface area contributed by atoms with Crippen molar-refractivity contribution in [2.24, 2.45) is 5.92 Å². The number of oxazole rings is 1. The summed E-state index contributed by atoms with van der Waals surface area (Å²) < 4.78 is 6.05. The number of hydrogen-bond donors (Lipinski definition) is 1. The van der Waals surface area contributed by atoms with Gasteiger partial charge in [-0.15, -0.1) is 0 Å². The van der Waals surface area contributed by atoms with Crippen LogP contribution < -0.4 is 5.73 Å². The highest BCUT2D eigenvalue weighted by Gasteiger charge is 2.40. The topological polar surface area (TPSA) is 52.0 Å². The smallest absolute Gasteiger partial charge is 0.201 e. The van der Waals surface area contributed by atoms with Gasteiger partial charge in [0.15, 0.2) is 5.58 Å². The molecule has 102 valence electrons. The van der Waals surface area contributed by atoms with Gasteiger partial charge in [-0.25, -0.2) is 4.98 Å². The predicted molar refractivity (Wildman–Crippen MR) is 78.0 cm³/mol. The molecule has 0 bridgehead atoms. The lowest BCUT2D eigenvalue weighted by Gasteiger charge is -2.27. The SMILES string of the molecule is CC(C)CC1(c2nc3ccc(N)cc3o2)CCCC1. The monoisotopic (exact) mass is 258 g/mol. The van der Waals surface area contributed by atoms with Crippen LogP contribution in [-0.2, 0) is 5.41 Å². The third-order valence-corrected chi connectivity index (χ3v) is 4.23. The molecule has 3 rings (SSSR count). The number of nitrogen functional groups attached to an aromatic ring is 1. The van der Waals surface area contributed by atoms with Gasteiger partial charge in [-0.05, 0) is 37.3 Å². The molecule has 3 nitrogen and oxygen atoms in total. The van der Waals surface area contributed by atoms with Crippen molar-refractivity contribution in [3.8, 4) is 0 Å². The molecule has 0 atom stereocenters. The molecule has 1 heterocycles. The number of aromatic nitrogens is 1. The average Bonchev–Trinajstić information content (AvgIpc) is 2.94. The van der Waals surface area contributed by atoms with Gasteiger partial charge in [-0.2, -0.15) is 0 Å². The first-order chi connectivity index (χ1) is 9.09. The van der Waals surface area contributed by atoms with Gasteiger partial charge in [0.05, 0.1) is 0 Å². The molecule has 0 spiro atoms. The zero-order chi connectivity index (χ0) is 13.5. The molecule has 0 unspecified atom stereocenters. The highest BCUT2D eigenvalue weighted by molar-refractivity contribution is 5.76. The maximum absolute atomic E-state index is 6.05. The van der Waals surface area contributed by atoms with Crippen LogP contribution in [-0.4, -0.2) is 4.98 Å². The molecule has 1 aliphatic rings. The minimum Gasteiger partial charge on any atom is -0.440 e. The van der Waals surface area contributed by atoms with Gasteiger partial charge >= 0.3 is 0 Å². The second-order valence-electron chi connectivity index (χ2n) is 6.33. The summed E-state index contributed by atoms with van der Waals surface area (Å²) in [6.07, 6.45) is 6.14. The number of benzene rings is 1. The zero-order valence-electron chi connectivity index (χ0n) is 11.8. The quantitative estimate of drug-likeness (QED) is 0.836. The lowest BCUT2D eigenvalue weighted by molar-refractivity contribution is 0.280. The Balaban J connectivity index is 2.05. The van der Waals surface area contributed by atoms with Crippen LogP contribution in [0.3, 0.4) is 0 Å². The molecule has 1 fully saturated rings. The highest BCUT2D eigenvalue weighted by Crippen LogP contribution is 2.45. The summed E-state index contributed by atoms with van der Waals surface area (Å²) in [5.41, 5.74) is 8.46. The molecule has 19 heavy (non-hydrogen) atoms. The summed E-state index contributed by atoms with van der Waals surface area (Å²) in [4.78, 5) is 4.74. The Hall–Kier alpha value is -1.51. The first-order valence-electron chi connectivity index (χ1n) is 7.26. The van der Waals surface area contributed by atoms with E-state index in [1.807, 2.05) is 18.2 Å². The normalized spacial score (nSPS) is 18.5. The van der Waals surface area contributed by atoms with Crippen molar-refractivity contribution >= 4 is 16.8 Å². The predicted octanol–water partition coefficient (Wildman–Crippen LogP) is 4.27. The Labute approximate surface area is 114 Å². The molecule has 1 aromatic carbocycles. The number of fused-ring (bicyclic) bond motifs is 1. The highest BCUT2D eigenvalue weighted by atomic mass is 16.3. The first-order valence-corrected chi connectivity index (χ1v) is 7.26. The van der Waals surface area contributed by atoms with Crippen molar-refractivity contribution < 1.29 is 4.42 Å². The molecular weight excluding hydrogens is 236 g/mol. The third kappa shape index (κ3) is 2.22. The minimum absolute atomic E-state index is 0.155. The lowest BCUT2D eigenvalue weighted by Crippen LogP contribution is -2.24. The van der Waals surface area contributed by atoms with Crippen LogP contribution in [0.5, 0.6) is 0 Å². The molecule has 2 aromatic rings. The van der Waals surface area contributed by atoms with Crippen LogP contribution >= 0.6 is 0 Å². The summed E-state index contributed by atoms with van der Waals surface area (Å²) in [5, 5.41) is 0. The number of nitrogens with two attached hydrogens (primary N) is 1. The average molecular weight is 258 g/mol. The van der Waals surface area contributed by atoms with Gasteiger partial charge in [0.25, 0.3) is 0 Å². The van der Waals surface area contributed by atoms with Crippen molar-refractivity contribution in [2.45, 2.75) is 51.4 Å². The fourth-order valence-corrected chi connectivity index (χ4v) is 3.51. The number of anilines is 1. The fraction of sp³-hybridized carbons (Fsp3) is 0.562. The van der Waals surface area contributed by atoms with Crippen LogP contribution in [0.2, 0.25) is 0 Å². The van der Waals surface area contributed by atoms with E-state index in [2.05, 4.69) is 13.8 Å². The first kappa shape index (κ1) is 12.5. The number of hydrogen-bond acceptors (Lipinski definition) is 3. The molecule has 1 saturated carbocycles. The van der Waals surface area contributed by atoms with Crippen LogP contribution in [0, 0.1) is 5.92 Å². The van der Waals surface area contributed by atoms with E-state index < -0.39 is 0 Å². The Morgan fingerprint density at radius 3 is 2.74 bits per heavy atom.